The Labute approximate surface area is 577 Å². The van der Waals surface area contributed by atoms with E-state index in [1.807, 2.05) is 48.5 Å². The van der Waals surface area contributed by atoms with Crippen molar-refractivity contribution in [1.82, 2.24) is 37.4 Å². The molecule has 100 heavy (non-hydrogen) atoms. The van der Waals surface area contributed by atoms with Crippen LogP contribution in [0, 0.1) is 45.4 Å². The van der Waals surface area contributed by atoms with E-state index in [-0.39, 0.29) is 30.3 Å². The minimum absolute atomic E-state index is 0.156. The van der Waals surface area contributed by atoms with Crippen LogP contribution in [0.25, 0.3) is 41.8 Å². The highest BCUT2D eigenvalue weighted by molar-refractivity contribution is 5.07. The van der Waals surface area contributed by atoms with Crippen LogP contribution in [0.5, 0.6) is 0 Å². The lowest BCUT2D eigenvalue weighted by Crippen LogP contribution is -2.43. The summed E-state index contributed by atoms with van der Waals surface area (Å²) in [5.74, 6) is 0.919. The average molecular weight is 1410 g/mol. The summed E-state index contributed by atoms with van der Waals surface area (Å²) in [5, 5.41) is 15.1. The number of unbranched alkanes of at least 4 members (excludes halogenated alkanes) is 3. The van der Waals surface area contributed by atoms with Gasteiger partial charge in [0.05, 0.1) is 75.0 Å². The highest BCUT2D eigenvalue weighted by Gasteiger charge is 2.40. The van der Waals surface area contributed by atoms with Crippen LogP contribution in [0.2, 0.25) is 0 Å². The number of aromatic nitrogens is 8. The summed E-state index contributed by atoms with van der Waals surface area (Å²) in [4.78, 5) is 113. The zero-order valence-electron chi connectivity index (χ0n) is 59.7. The Morgan fingerprint density at radius 1 is 0.450 bits per heavy atom. The quantitative estimate of drug-likeness (QED) is 0.0206. The van der Waals surface area contributed by atoms with Crippen LogP contribution < -0.4 is 45.0 Å². The van der Waals surface area contributed by atoms with Gasteiger partial charge in [0.2, 0.25) is 0 Å². The number of aryl methyl sites for hydroxylation is 4. The molecule has 0 aliphatic carbocycles. The van der Waals surface area contributed by atoms with E-state index in [9.17, 15) is 38.4 Å². The summed E-state index contributed by atoms with van der Waals surface area (Å²) in [7, 11) is 0. The predicted molar refractivity (Wildman–Crippen MR) is 370 cm³/mol. The number of hydrogen-bond donors (Lipinski definition) is 2. The lowest BCUT2D eigenvalue weighted by molar-refractivity contribution is -0.0494. The standard InChI is InChI=1S/2C18H29N5O4.2C14H21N5O4/c1-11(2)7-23-17(24)13(5)8-22(18(23)25)16-6-14(20-21-19)15(27-16)10-26-9-12(3)4;1-4-6-8-22-17(24)13(3)11-23(18(22)25)16-10-14(20-21-19)15(27-16)12-26-9-7-5-2;1-8(2)6-22-7-11-10(17-18-15)4-12(23-11)19-5-9(3)13(20)16-14(19)21;1-3-4-5-22-8-11-10(17-18-15)6-12(23-11)19-7-9(2)13(20)16-14(19)21/h8,11-12,14-16H,6-7,9-10H2,1-5H3;11,14-16H,4-10,12H2,1-3H3;5,8,10-12H,4,6-7H2,1-3H3,(H,16,20,21);7,10-12H,3-6,8H2,1-2H3,(H,16,20,21)/t2*14?,15-,16-;2*10?,11-,12-/m1111/s1. The molecule has 4 aliphatic rings. The van der Waals surface area contributed by atoms with Crippen molar-refractivity contribution >= 4 is 0 Å². The minimum atomic E-state index is -0.599. The van der Waals surface area contributed by atoms with E-state index >= 15 is 0 Å². The molecule has 36 nitrogen and oxygen atoms in total. The topological polar surface area (TPSA) is 467 Å². The monoisotopic (exact) mass is 1400 g/mol. The molecule has 0 bridgehead atoms. The van der Waals surface area contributed by atoms with Gasteiger partial charge in [-0.15, -0.1) is 0 Å². The van der Waals surface area contributed by atoms with E-state index in [4.69, 9.17) is 60.0 Å². The maximum atomic E-state index is 12.9. The fraction of sp³-hybridized carbons (Fsp3) is 0.750. The molecular formula is C64H100N20O16. The van der Waals surface area contributed by atoms with Crippen LogP contribution in [0.4, 0.5) is 0 Å². The van der Waals surface area contributed by atoms with Crippen LogP contribution >= 0.6 is 0 Å². The van der Waals surface area contributed by atoms with E-state index < -0.39 is 107 Å². The second-order valence-corrected chi connectivity index (χ2v) is 26.3. The van der Waals surface area contributed by atoms with E-state index in [0.717, 1.165) is 38.5 Å². The Bertz CT molecular complexity index is 4000. The maximum absolute atomic E-state index is 12.9. The first-order chi connectivity index (χ1) is 47.7. The van der Waals surface area contributed by atoms with Crippen molar-refractivity contribution in [2.45, 2.75) is 241 Å². The Kier molecular flexibility index (Phi) is 34.1. The smallest absolute Gasteiger partial charge is 0.333 e. The van der Waals surface area contributed by atoms with E-state index in [1.54, 1.807) is 27.7 Å². The number of aromatic amines is 2. The van der Waals surface area contributed by atoms with Crippen molar-refractivity contribution in [2.24, 2.45) is 38.2 Å². The summed E-state index contributed by atoms with van der Waals surface area (Å²) < 4.78 is 54.0. The third-order valence-electron chi connectivity index (χ3n) is 16.5. The predicted octanol–water partition coefficient (Wildman–Crippen LogP) is 8.63. The number of nitrogens with zero attached hydrogens (tertiary/aromatic N) is 18. The first kappa shape index (κ1) is 82.3. The molecule has 8 heterocycles. The second-order valence-electron chi connectivity index (χ2n) is 26.3. The Morgan fingerprint density at radius 2 is 0.760 bits per heavy atom. The highest BCUT2D eigenvalue weighted by atomic mass is 16.6. The molecule has 4 aromatic rings. The van der Waals surface area contributed by atoms with Gasteiger partial charge in [-0.05, 0) is 86.8 Å². The molecule has 12 atom stereocenters. The fourth-order valence-corrected chi connectivity index (χ4v) is 11.2. The number of nitrogens with one attached hydrogen (secondary N) is 2. The molecule has 36 heteroatoms. The molecule has 4 unspecified atom stereocenters. The molecule has 4 saturated heterocycles. The van der Waals surface area contributed by atoms with Gasteiger partial charge in [-0.2, -0.15) is 0 Å². The van der Waals surface area contributed by atoms with Gasteiger partial charge in [0.15, 0.2) is 0 Å². The largest absolute Gasteiger partial charge is 0.379 e. The van der Waals surface area contributed by atoms with Crippen LogP contribution in [-0.4, -0.2) is 139 Å². The van der Waals surface area contributed by atoms with Crippen molar-refractivity contribution in [2.75, 3.05) is 52.9 Å². The number of ether oxygens (including phenoxy) is 8. The molecule has 0 saturated carbocycles. The van der Waals surface area contributed by atoms with Gasteiger partial charge in [-0.3, -0.25) is 56.5 Å². The Hall–Kier alpha value is -8.36. The normalized spacial score (nSPS) is 22.9. The minimum Gasteiger partial charge on any atom is -0.379 e. The zero-order valence-corrected chi connectivity index (χ0v) is 59.7. The molecule has 4 aromatic heterocycles. The third-order valence-corrected chi connectivity index (χ3v) is 16.5. The molecule has 0 amide bonds. The maximum Gasteiger partial charge on any atom is 0.333 e. The Morgan fingerprint density at radius 3 is 1.08 bits per heavy atom. The van der Waals surface area contributed by atoms with Gasteiger partial charge in [0, 0.05) is 132 Å². The summed E-state index contributed by atoms with van der Waals surface area (Å²) in [5.41, 5.74) is 33.5. The number of hydrogen-bond acceptors (Lipinski definition) is 20. The summed E-state index contributed by atoms with van der Waals surface area (Å²) >= 11 is 0. The van der Waals surface area contributed by atoms with Gasteiger partial charge in [-0.1, -0.05) is 102 Å². The molecule has 0 spiro atoms. The average Bonchev–Trinajstić information content (AvgIpc) is 1.55. The molecule has 0 aromatic carbocycles. The van der Waals surface area contributed by atoms with Crippen LogP contribution in [-0.2, 0) is 51.0 Å². The summed E-state index contributed by atoms with van der Waals surface area (Å²) in [6, 6.07) is -1.67. The van der Waals surface area contributed by atoms with Crippen LogP contribution in [0.1, 0.15) is 174 Å². The summed E-state index contributed by atoms with van der Waals surface area (Å²) in [6.45, 7) is 29.1. The first-order valence-corrected chi connectivity index (χ1v) is 34.1. The molecule has 552 valence electrons. The lowest BCUT2D eigenvalue weighted by atomic mass is 10.1. The number of azide groups is 4. The van der Waals surface area contributed by atoms with E-state index in [0.29, 0.717) is 113 Å². The Balaban J connectivity index is 0.000000241. The van der Waals surface area contributed by atoms with Crippen molar-refractivity contribution in [1.29, 1.82) is 0 Å². The van der Waals surface area contributed by atoms with Gasteiger partial charge < -0.3 is 37.9 Å². The van der Waals surface area contributed by atoms with E-state index in [2.05, 4.69) is 63.9 Å². The third kappa shape index (κ3) is 23.9. The molecule has 8 rings (SSSR count). The van der Waals surface area contributed by atoms with Gasteiger partial charge in [0.1, 0.15) is 24.9 Å². The van der Waals surface area contributed by atoms with Crippen molar-refractivity contribution in [3.8, 4) is 0 Å². The van der Waals surface area contributed by atoms with Gasteiger partial charge in [0.25, 0.3) is 22.2 Å². The van der Waals surface area contributed by atoms with Crippen LogP contribution in [0.3, 0.4) is 0 Å². The zero-order chi connectivity index (χ0) is 73.8. The van der Waals surface area contributed by atoms with E-state index in [1.165, 1.54) is 52.2 Å². The molecule has 0 radical (unpaired) electrons. The molecular weight excluding hydrogens is 1300 g/mol. The molecule has 2 N–H and O–H groups in total. The number of rotatable bonds is 31. The molecule has 4 fully saturated rings. The van der Waals surface area contributed by atoms with Crippen molar-refractivity contribution in [3.05, 3.63) is 172 Å². The summed E-state index contributed by atoms with van der Waals surface area (Å²) in [6.07, 6.45) is 8.96. The SMILES string of the molecule is CCCCOC[C@H]1O[C@@H](n2cc(C)c(=O)[nH]c2=O)CC1N=[N+]=[N-].CCCCOC[C@H]1O[C@@H](n2cc(C)c(=O)n(CCCC)c2=O)CC1N=[N+]=[N-].Cc1cn([C@H]2CC(N=[N+]=[N-])[C@@H](COCC(C)C)O2)c(=O)[nH]c1=O.Cc1cn([C@H]2CC(N=[N+]=[N-])[C@@H](COCC(C)C)O2)c(=O)n(CC(C)C)c1=O. The second kappa shape index (κ2) is 41.4. The molecule has 4 aliphatic heterocycles. The fourth-order valence-electron chi connectivity index (χ4n) is 11.2. The van der Waals surface area contributed by atoms with Crippen molar-refractivity contribution in [3.63, 3.8) is 0 Å². The lowest BCUT2D eigenvalue weighted by Gasteiger charge is -2.19. The van der Waals surface area contributed by atoms with Crippen LogP contribution in [0.15, 0.2) is 83.6 Å². The van der Waals surface area contributed by atoms with Gasteiger partial charge in [-0.25, -0.2) is 19.2 Å². The highest BCUT2D eigenvalue weighted by Crippen LogP contribution is 2.34. The van der Waals surface area contributed by atoms with Gasteiger partial charge >= 0.3 is 22.8 Å². The first-order valence-electron chi connectivity index (χ1n) is 34.1. The number of H-pyrrole nitrogens is 2. The van der Waals surface area contributed by atoms with Crippen molar-refractivity contribution < 1.29 is 37.9 Å².